The van der Waals surface area contributed by atoms with E-state index >= 15 is 0 Å². The van der Waals surface area contributed by atoms with Gasteiger partial charge in [0, 0.05) is 8.59 Å². The van der Waals surface area contributed by atoms with Crippen molar-refractivity contribution in [1.82, 2.24) is 0 Å². The molecule has 20 heavy (non-hydrogen) atoms. The summed E-state index contributed by atoms with van der Waals surface area (Å²) in [7, 11) is 0. The van der Waals surface area contributed by atoms with Crippen molar-refractivity contribution in [2.24, 2.45) is 5.73 Å². The minimum absolute atomic E-state index is 0.260. The van der Waals surface area contributed by atoms with Gasteiger partial charge in [0.05, 0.1) is 5.69 Å². The fourth-order valence-electron chi connectivity index (χ4n) is 1.76. The van der Waals surface area contributed by atoms with E-state index < -0.39 is 5.54 Å². The van der Waals surface area contributed by atoms with Gasteiger partial charge in [-0.1, -0.05) is 41.9 Å². The Kier molecular flexibility index (Phi) is 4.67. The van der Waals surface area contributed by atoms with E-state index in [2.05, 4.69) is 27.9 Å². The van der Waals surface area contributed by atoms with Gasteiger partial charge in [-0.2, -0.15) is 0 Å². The SMILES string of the molecule is CC(N)(C(=O)Nc1ccc(Cl)cc1I)c1ccccc1. The second kappa shape index (κ2) is 6.11. The Bertz CT molecular complexity index is 629. The Balaban J connectivity index is 2.23. The lowest BCUT2D eigenvalue weighted by Gasteiger charge is -2.24. The largest absolute Gasteiger partial charge is 0.323 e. The third-order valence-electron chi connectivity index (χ3n) is 3.02. The smallest absolute Gasteiger partial charge is 0.248 e. The van der Waals surface area contributed by atoms with Gasteiger partial charge in [0.25, 0.3) is 0 Å². The maximum Gasteiger partial charge on any atom is 0.248 e. The number of carbonyl (C=O) groups excluding carboxylic acids is 1. The van der Waals surface area contributed by atoms with E-state index in [1.54, 1.807) is 25.1 Å². The van der Waals surface area contributed by atoms with Crippen LogP contribution in [0.25, 0.3) is 0 Å². The topological polar surface area (TPSA) is 55.1 Å². The van der Waals surface area contributed by atoms with Crippen LogP contribution in [0, 0.1) is 3.57 Å². The zero-order valence-electron chi connectivity index (χ0n) is 10.9. The van der Waals surface area contributed by atoms with Gasteiger partial charge < -0.3 is 11.1 Å². The Labute approximate surface area is 136 Å². The number of nitrogens with two attached hydrogens (primary N) is 1. The molecule has 2 aromatic rings. The number of amides is 1. The van der Waals surface area contributed by atoms with Crippen molar-refractivity contribution < 1.29 is 4.79 Å². The number of benzene rings is 2. The number of nitrogens with one attached hydrogen (secondary N) is 1. The summed E-state index contributed by atoms with van der Waals surface area (Å²) in [4.78, 5) is 12.4. The van der Waals surface area contributed by atoms with Crippen LogP contribution in [0.1, 0.15) is 12.5 Å². The maximum atomic E-state index is 12.4. The molecule has 0 aliphatic rings. The minimum Gasteiger partial charge on any atom is -0.323 e. The van der Waals surface area contributed by atoms with Crippen LogP contribution in [0.4, 0.5) is 5.69 Å². The summed E-state index contributed by atoms with van der Waals surface area (Å²) in [6.45, 7) is 1.69. The highest BCUT2D eigenvalue weighted by Gasteiger charge is 2.30. The predicted molar refractivity (Wildman–Crippen MR) is 90.8 cm³/mol. The average Bonchev–Trinajstić information content (AvgIpc) is 2.42. The molecule has 2 aromatic carbocycles. The number of hydrogen-bond donors (Lipinski definition) is 2. The maximum absolute atomic E-state index is 12.4. The van der Waals surface area contributed by atoms with E-state index in [1.807, 2.05) is 30.3 Å². The Morgan fingerprint density at radius 3 is 2.50 bits per heavy atom. The summed E-state index contributed by atoms with van der Waals surface area (Å²) in [6.07, 6.45) is 0. The highest BCUT2D eigenvalue weighted by Crippen LogP contribution is 2.25. The summed E-state index contributed by atoms with van der Waals surface area (Å²) >= 11 is 8.02. The number of hydrogen-bond acceptors (Lipinski definition) is 2. The molecule has 3 nitrogen and oxygen atoms in total. The molecule has 0 bridgehead atoms. The van der Waals surface area contributed by atoms with Crippen molar-refractivity contribution >= 4 is 45.8 Å². The Hall–Kier alpha value is -1.11. The third kappa shape index (κ3) is 3.31. The lowest BCUT2D eigenvalue weighted by atomic mass is 9.92. The van der Waals surface area contributed by atoms with E-state index in [9.17, 15) is 4.79 Å². The summed E-state index contributed by atoms with van der Waals surface area (Å²) in [6, 6.07) is 14.6. The molecule has 0 saturated carbocycles. The monoisotopic (exact) mass is 400 g/mol. The Morgan fingerprint density at radius 1 is 1.25 bits per heavy atom. The molecule has 1 unspecified atom stereocenters. The molecule has 104 valence electrons. The van der Waals surface area contributed by atoms with E-state index in [0.29, 0.717) is 10.7 Å². The molecule has 1 amide bonds. The first-order valence-electron chi connectivity index (χ1n) is 6.02. The molecule has 3 N–H and O–H groups in total. The molecule has 2 rings (SSSR count). The van der Waals surface area contributed by atoms with Crippen molar-refractivity contribution in [2.75, 3.05) is 5.32 Å². The second-order valence-electron chi connectivity index (χ2n) is 4.65. The van der Waals surface area contributed by atoms with Crippen molar-refractivity contribution in [3.8, 4) is 0 Å². The third-order valence-corrected chi connectivity index (χ3v) is 4.15. The molecule has 1 atom stereocenters. The van der Waals surface area contributed by atoms with Crippen molar-refractivity contribution in [3.63, 3.8) is 0 Å². The van der Waals surface area contributed by atoms with Crippen LogP contribution in [-0.2, 0) is 10.3 Å². The molecule has 0 saturated heterocycles. The van der Waals surface area contributed by atoms with E-state index in [4.69, 9.17) is 17.3 Å². The lowest BCUT2D eigenvalue weighted by molar-refractivity contribution is -0.120. The summed E-state index contributed by atoms with van der Waals surface area (Å²) < 4.78 is 0.868. The van der Waals surface area contributed by atoms with Gasteiger partial charge in [0.2, 0.25) is 5.91 Å². The summed E-state index contributed by atoms with van der Waals surface area (Å²) in [5.41, 5.74) is 6.54. The molecule has 0 spiro atoms. The van der Waals surface area contributed by atoms with Gasteiger partial charge in [0.1, 0.15) is 5.54 Å². The van der Waals surface area contributed by atoms with Crippen LogP contribution in [0.15, 0.2) is 48.5 Å². The lowest BCUT2D eigenvalue weighted by Crippen LogP contribution is -2.45. The summed E-state index contributed by atoms with van der Waals surface area (Å²) in [5.74, 6) is -0.260. The molecule has 0 heterocycles. The average molecular weight is 401 g/mol. The molecular weight excluding hydrogens is 387 g/mol. The van der Waals surface area contributed by atoms with Gasteiger partial charge in [0.15, 0.2) is 0 Å². The normalized spacial score (nSPS) is 13.6. The molecule has 0 aliphatic carbocycles. The van der Waals surface area contributed by atoms with Crippen LogP contribution in [0.3, 0.4) is 0 Å². The number of carbonyl (C=O) groups is 1. The first kappa shape index (κ1) is 15.3. The van der Waals surface area contributed by atoms with Crippen LogP contribution in [-0.4, -0.2) is 5.91 Å². The van der Waals surface area contributed by atoms with E-state index in [-0.39, 0.29) is 5.91 Å². The van der Waals surface area contributed by atoms with Gasteiger partial charge in [-0.05, 0) is 53.3 Å². The van der Waals surface area contributed by atoms with Crippen molar-refractivity contribution in [3.05, 3.63) is 62.7 Å². The van der Waals surface area contributed by atoms with E-state index in [1.165, 1.54) is 0 Å². The number of halogens is 2. The number of anilines is 1. The first-order valence-corrected chi connectivity index (χ1v) is 7.48. The minimum atomic E-state index is -1.09. The van der Waals surface area contributed by atoms with Gasteiger partial charge in [-0.3, -0.25) is 4.79 Å². The standard InChI is InChI=1S/C15H14ClIN2O/c1-15(18,10-5-3-2-4-6-10)14(20)19-13-8-7-11(16)9-12(13)17/h2-9H,18H2,1H3,(H,19,20). The van der Waals surface area contributed by atoms with Crippen LogP contribution in [0.5, 0.6) is 0 Å². The van der Waals surface area contributed by atoms with Crippen LogP contribution >= 0.6 is 34.2 Å². The van der Waals surface area contributed by atoms with Gasteiger partial charge >= 0.3 is 0 Å². The predicted octanol–water partition coefficient (Wildman–Crippen LogP) is 3.76. The van der Waals surface area contributed by atoms with Gasteiger partial charge in [-0.15, -0.1) is 0 Å². The first-order chi connectivity index (χ1) is 9.41. The molecule has 5 heteroatoms. The Morgan fingerprint density at radius 2 is 1.90 bits per heavy atom. The highest BCUT2D eigenvalue weighted by molar-refractivity contribution is 14.1. The van der Waals surface area contributed by atoms with Crippen LogP contribution < -0.4 is 11.1 Å². The summed E-state index contributed by atoms with van der Waals surface area (Å²) in [5, 5.41) is 3.48. The van der Waals surface area contributed by atoms with Crippen LogP contribution in [0.2, 0.25) is 5.02 Å². The highest BCUT2D eigenvalue weighted by atomic mass is 127. The number of rotatable bonds is 3. The fraction of sp³-hybridized carbons (Fsp3) is 0.133. The fourth-order valence-corrected chi connectivity index (χ4v) is 2.76. The molecule has 0 fully saturated rings. The zero-order valence-corrected chi connectivity index (χ0v) is 13.8. The molecule has 0 aromatic heterocycles. The zero-order chi connectivity index (χ0) is 14.8. The van der Waals surface area contributed by atoms with Crippen molar-refractivity contribution in [2.45, 2.75) is 12.5 Å². The van der Waals surface area contributed by atoms with Gasteiger partial charge in [-0.25, -0.2) is 0 Å². The molecule has 0 radical (unpaired) electrons. The molecule has 0 aliphatic heterocycles. The second-order valence-corrected chi connectivity index (χ2v) is 6.25. The molecular formula is C15H14ClIN2O. The van der Waals surface area contributed by atoms with Crippen molar-refractivity contribution in [1.29, 1.82) is 0 Å². The quantitative estimate of drug-likeness (QED) is 0.771. The van der Waals surface area contributed by atoms with E-state index in [0.717, 1.165) is 9.13 Å².